The fourth-order valence-electron chi connectivity index (χ4n) is 5.05. The number of aliphatic hydroxyl groups excluding tert-OH is 4. The number of carbonyl (C=O) groups excluding carboxylic acids is 1. The summed E-state index contributed by atoms with van der Waals surface area (Å²) >= 11 is 0. The van der Waals surface area contributed by atoms with Crippen LogP contribution in [0.4, 0.5) is 0 Å². The lowest BCUT2D eigenvalue weighted by molar-refractivity contribution is -0.289. The van der Waals surface area contributed by atoms with Gasteiger partial charge in [0.25, 0.3) is 0 Å². The van der Waals surface area contributed by atoms with Crippen molar-refractivity contribution in [2.45, 2.75) is 55.6 Å². The molecule has 0 radical (unpaired) electrons. The first-order chi connectivity index (χ1) is 21.9. The van der Waals surface area contributed by atoms with E-state index in [0.717, 1.165) is 12.1 Å². The molecule has 0 bridgehead atoms. The lowest BCUT2D eigenvalue weighted by atomic mass is 9.99. The Kier molecular flexibility index (Phi) is 9.95. The van der Waals surface area contributed by atoms with Crippen molar-refractivity contribution >= 4 is 23.0 Å². The molecule has 0 aliphatic carbocycles. The maximum Gasteiger partial charge on any atom is 0.339 e. The highest BCUT2D eigenvalue weighted by Crippen LogP contribution is 2.32. The van der Waals surface area contributed by atoms with E-state index in [1.54, 1.807) is 25.1 Å². The number of carbonyl (C=O) groups is 1. The molecule has 15 heteroatoms. The van der Waals surface area contributed by atoms with Gasteiger partial charge < -0.3 is 63.5 Å². The highest BCUT2D eigenvalue weighted by molar-refractivity contribution is 5.87. The van der Waals surface area contributed by atoms with Gasteiger partial charge in [0.1, 0.15) is 48.5 Å². The number of methoxy groups -OCH3 is 1. The van der Waals surface area contributed by atoms with E-state index in [2.05, 4.69) is 0 Å². The number of phenolic OH excluding ortho intramolecular Hbond substituents is 1. The highest BCUT2D eigenvalue weighted by Gasteiger charge is 2.51. The number of ether oxygens (including phenoxy) is 6. The van der Waals surface area contributed by atoms with Gasteiger partial charge in [-0.15, -0.1) is 0 Å². The molecule has 2 fully saturated rings. The fraction of sp³-hybridized carbons (Fsp3) is 0.419. The number of aliphatic hydroxyl groups is 5. The molecule has 8 atom stereocenters. The standard InChI is InChI=1S/C31H34O15/c1-15-4-3-5-18-24(15)20(11-23(34)44-18)45-29-27(37)26(36)25(35)21(46-29)12-41-30-28(38)31(39,14-43-30)13-42-22(33)9-7-16-6-8-17(32)19(10-16)40-2/h3-11,21,25-30,32,35-39H,12-14H2,1-2H3. The van der Waals surface area contributed by atoms with Gasteiger partial charge in [0.15, 0.2) is 23.4 Å². The van der Waals surface area contributed by atoms with Gasteiger partial charge in [-0.3, -0.25) is 0 Å². The number of esters is 1. The lowest BCUT2D eigenvalue weighted by Gasteiger charge is -2.40. The number of rotatable bonds is 10. The molecule has 3 heterocycles. The van der Waals surface area contributed by atoms with Crippen molar-refractivity contribution in [3.8, 4) is 17.2 Å². The van der Waals surface area contributed by atoms with Gasteiger partial charge in [0.05, 0.1) is 31.8 Å². The van der Waals surface area contributed by atoms with Crippen LogP contribution in [0.15, 0.2) is 57.8 Å². The Labute approximate surface area is 261 Å². The van der Waals surface area contributed by atoms with Gasteiger partial charge in [0.2, 0.25) is 6.29 Å². The zero-order chi connectivity index (χ0) is 33.2. The summed E-state index contributed by atoms with van der Waals surface area (Å²) in [5.41, 5.74) is -1.32. The van der Waals surface area contributed by atoms with Crippen molar-refractivity contribution in [1.82, 2.24) is 0 Å². The fourth-order valence-corrected chi connectivity index (χ4v) is 5.05. The van der Waals surface area contributed by atoms with Crippen LogP contribution in [0.25, 0.3) is 17.0 Å². The number of fused-ring (bicyclic) bond motifs is 1. The van der Waals surface area contributed by atoms with Crippen molar-refractivity contribution in [2.75, 3.05) is 26.9 Å². The van der Waals surface area contributed by atoms with Crippen molar-refractivity contribution < 1.29 is 68.3 Å². The average molecular weight is 647 g/mol. The van der Waals surface area contributed by atoms with E-state index in [-0.39, 0.29) is 22.8 Å². The molecule has 15 nitrogen and oxygen atoms in total. The number of aryl methyl sites for hydroxylation is 1. The molecule has 0 saturated carbocycles. The first-order valence-electron chi connectivity index (χ1n) is 14.2. The average Bonchev–Trinajstić information content (AvgIpc) is 3.31. The molecule has 6 N–H and O–H groups in total. The van der Waals surface area contributed by atoms with E-state index in [1.165, 1.54) is 31.4 Å². The molecule has 3 aromatic rings. The molecule has 2 aliphatic rings. The van der Waals surface area contributed by atoms with Crippen LogP contribution in [0.3, 0.4) is 0 Å². The Hall–Kier alpha value is -4.06. The second-order valence-electron chi connectivity index (χ2n) is 10.9. The van der Waals surface area contributed by atoms with Crippen LogP contribution in [-0.4, -0.2) is 112 Å². The van der Waals surface area contributed by atoms with Crippen LogP contribution < -0.4 is 15.1 Å². The minimum Gasteiger partial charge on any atom is -0.504 e. The minimum atomic E-state index is -2.05. The minimum absolute atomic E-state index is 0.0171. The van der Waals surface area contributed by atoms with E-state index < -0.39 is 80.1 Å². The predicted octanol–water partition coefficient (Wildman–Crippen LogP) is -0.276. The van der Waals surface area contributed by atoms with Gasteiger partial charge >= 0.3 is 11.6 Å². The third-order valence-electron chi connectivity index (χ3n) is 7.66. The van der Waals surface area contributed by atoms with E-state index in [4.69, 9.17) is 32.8 Å². The maximum absolute atomic E-state index is 12.2. The molecule has 0 amide bonds. The Morgan fingerprint density at radius 1 is 1.04 bits per heavy atom. The first kappa shape index (κ1) is 33.3. The molecular formula is C31H34O15. The van der Waals surface area contributed by atoms with Crippen molar-refractivity contribution in [1.29, 1.82) is 0 Å². The summed E-state index contributed by atoms with van der Waals surface area (Å²) in [5.74, 6) is -0.692. The lowest BCUT2D eigenvalue weighted by Crippen LogP contribution is -2.60. The Morgan fingerprint density at radius 2 is 1.83 bits per heavy atom. The summed E-state index contributed by atoms with van der Waals surface area (Å²) in [7, 11) is 1.38. The van der Waals surface area contributed by atoms with Crippen LogP contribution >= 0.6 is 0 Å². The summed E-state index contributed by atoms with van der Waals surface area (Å²) in [4.78, 5) is 24.3. The summed E-state index contributed by atoms with van der Waals surface area (Å²) in [6.45, 7) is 0.120. The monoisotopic (exact) mass is 646 g/mol. The van der Waals surface area contributed by atoms with Gasteiger partial charge in [-0.05, 0) is 42.3 Å². The number of hydrogen-bond donors (Lipinski definition) is 6. The van der Waals surface area contributed by atoms with Gasteiger partial charge in [-0.2, -0.15) is 0 Å². The van der Waals surface area contributed by atoms with Crippen molar-refractivity contribution in [3.05, 3.63) is 70.1 Å². The highest BCUT2D eigenvalue weighted by atomic mass is 16.7. The van der Waals surface area contributed by atoms with Gasteiger partial charge in [-0.25, -0.2) is 9.59 Å². The number of hydrogen-bond acceptors (Lipinski definition) is 15. The summed E-state index contributed by atoms with van der Waals surface area (Å²) in [5, 5.41) is 63.3. The number of aromatic hydroxyl groups is 1. The molecule has 2 aliphatic heterocycles. The maximum atomic E-state index is 12.2. The van der Waals surface area contributed by atoms with Crippen LogP contribution in [0.2, 0.25) is 0 Å². The molecule has 0 spiro atoms. The number of benzene rings is 2. The molecule has 1 aromatic heterocycles. The van der Waals surface area contributed by atoms with Crippen LogP contribution in [0, 0.1) is 6.92 Å². The molecule has 248 valence electrons. The molecule has 46 heavy (non-hydrogen) atoms. The SMILES string of the molecule is COc1cc(C=CC(=O)OCC2(O)COC(OCC3OC(Oc4cc(=O)oc5cccc(C)c45)C(O)C(O)C3O)C2O)ccc1O. The number of phenols is 1. The summed E-state index contributed by atoms with van der Waals surface area (Å²) < 4.78 is 37.7. The van der Waals surface area contributed by atoms with Gasteiger partial charge in [0, 0.05) is 6.08 Å². The van der Waals surface area contributed by atoms with E-state index in [9.17, 15) is 40.2 Å². The zero-order valence-electron chi connectivity index (χ0n) is 24.7. The second kappa shape index (κ2) is 13.7. The normalized spacial score (nSPS) is 29.7. The predicted molar refractivity (Wildman–Crippen MR) is 156 cm³/mol. The second-order valence-corrected chi connectivity index (χ2v) is 10.9. The molecule has 8 unspecified atom stereocenters. The topological polar surface area (TPSA) is 224 Å². The Morgan fingerprint density at radius 3 is 2.59 bits per heavy atom. The third kappa shape index (κ3) is 7.01. The molecule has 2 saturated heterocycles. The Bertz CT molecular complexity index is 1640. The summed E-state index contributed by atoms with van der Waals surface area (Å²) in [6, 6.07) is 10.5. The largest absolute Gasteiger partial charge is 0.504 e. The van der Waals surface area contributed by atoms with E-state index >= 15 is 0 Å². The van der Waals surface area contributed by atoms with E-state index in [0.29, 0.717) is 16.5 Å². The third-order valence-corrected chi connectivity index (χ3v) is 7.66. The van der Waals surface area contributed by atoms with Crippen LogP contribution in [0.1, 0.15) is 11.1 Å². The molecular weight excluding hydrogens is 612 g/mol. The first-order valence-corrected chi connectivity index (χ1v) is 14.2. The molecule has 5 rings (SSSR count). The smallest absolute Gasteiger partial charge is 0.339 e. The summed E-state index contributed by atoms with van der Waals surface area (Å²) in [6.07, 6.45) is -8.68. The van der Waals surface area contributed by atoms with Crippen molar-refractivity contribution in [2.24, 2.45) is 0 Å². The van der Waals surface area contributed by atoms with Gasteiger partial charge in [-0.1, -0.05) is 18.2 Å². The van der Waals surface area contributed by atoms with Crippen LogP contribution in [-0.2, 0) is 23.7 Å². The zero-order valence-corrected chi connectivity index (χ0v) is 24.7. The van der Waals surface area contributed by atoms with E-state index in [1.807, 2.05) is 0 Å². The molecule has 2 aromatic carbocycles. The van der Waals surface area contributed by atoms with Crippen molar-refractivity contribution in [3.63, 3.8) is 0 Å². The quantitative estimate of drug-likeness (QED) is 0.0947. The van der Waals surface area contributed by atoms with Crippen LogP contribution in [0.5, 0.6) is 17.2 Å². The Balaban J connectivity index is 1.18.